The van der Waals surface area contributed by atoms with E-state index in [1.54, 1.807) is 7.05 Å². The Hall–Kier alpha value is -0.170. The molecule has 1 N–H and O–H groups in total. The number of β-amino-alcohol motifs (C(OH)–C–C–N with tert-alkyl or cyclic N) is 1. The highest BCUT2D eigenvalue weighted by Gasteiger charge is 2.30. The molecule has 0 unspecified atom stereocenters. The molecule has 0 saturated carbocycles. The molecule has 0 amide bonds. The molecule has 0 aromatic heterocycles. The van der Waals surface area contributed by atoms with Crippen molar-refractivity contribution in [2.75, 3.05) is 26.7 Å². The van der Waals surface area contributed by atoms with Crippen molar-refractivity contribution in [3.8, 4) is 0 Å². The summed E-state index contributed by atoms with van der Waals surface area (Å²) in [6.45, 7) is 3.34. The number of unbranched alkanes of at least 4 members (excludes halogenated alkanes) is 1. The molecule has 1 heterocycles. The molecular weight excluding hydrogens is 228 g/mol. The quantitative estimate of drug-likeness (QED) is 0.769. The maximum atomic E-state index is 12.1. The lowest BCUT2D eigenvalue weighted by Crippen LogP contribution is -2.48. The van der Waals surface area contributed by atoms with Crippen LogP contribution in [0, 0.1) is 0 Å². The Kier molecular flexibility index (Phi) is 5.17. The van der Waals surface area contributed by atoms with Crippen molar-refractivity contribution in [2.45, 2.75) is 38.7 Å². The molecule has 0 aromatic rings. The minimum absolute atomic E-state index is 0.235. The van der Waals surface area contributed by atoms with Gasteiger partial charge in [0.2, 0.25) is 0 Å². The van der Waals surface area contributed by atoms with Gasteiger partial charge in [0.1, 0.15) is 0 Å². The molecule has 0 radical (unpaired) electrons. The predicted octanol–water partition coefficient (Wildman–Crippen LogP) is 0.420. The summed E-state index contributed by atoms with van der Waals surface area (Å²) in [4.78, 5) is 0. The van der Waals surface area contributed by atoms with Gasteiger partial charge in [-0.1, -0.05) is 13.3 Å². The fourth-order valence-electron chi connectivity index (χ4n) is 1.82. The maximum Gasteiger partial charge on any atom is 0.281 e. The largest absolute Gasteiger partial charge is 0.392 e. The third-order valence-electron chi connectivity index (χ3n) is 2.91. The normalized spacial score (nSPS) is 23.9. The standard InChI is InChI=1S/C10H22N2O3S/c1-3-4-7-11(2)16(14,15)12-8-5-6-10(13)9-12/h10,13H,3-9H2,1-2H3/t10-/m0/s1. The van der Waals surface area contributed by atoms with E-state index in [0.29, 0.717) is 19.5 Å². The van der Waals surface area contributed by atoms with Gasteiger partial charge in [-0.25, -0.2) is 0 Å². The SMILES string of the molecule is CCCCN(C)S(=O)(=O)N1CCC[C@H](O)C1. The zero-order chi connectivity index (χ0) is 12.2. The van der Waals surface area contributed by atoms with Crippen LogP contribution in [0.3, 0.4) is 0 Å². The third-order valence-corrected chi connectivity index (χ3v) is 4.86. The van der Waals surface area contributed by atoms with Crippen molar-refractivity contribution in [1.82, 2.24) is 8.61 Å². The third kappa shape index (κ3) is 3.41. The molecule has 0 bridgehead atoms. The van der Waals surface area contributed by atoms with Crippen LogP contribution >= 0.6 is 0 Å². The summed E-state index contributed by atoms with van der Waals surface area (Å²) in [6, 6.07) is 0. The van der Waals surface area contributed by atoms with Crippen LogP contribution < -0.4 is 0 Å². The molecule has 0 aliphatic carbocycles. The van der Waals surface area contributed by atoms with Crippen LogP contribution in [0.5, 0.6) is 0 Å². The van der Waals surface area contributed by atoms with Gasteiger partial charge in [-0.2, -0.15) is 17.0 Å². The molecule has 1 saturated heterocycles. The molecule has 0 aromatic carbocycles. The Bertz CT molecular complexity index is 305. The second kappa shape index (κ2) is 5.95. The van der Waals surface area contributed by atoms with E-state index in [9.17, 15) is 13.5 Å². The minimum Gasteiger partial charge on any atom is -0.392 e. The van der Waals surface area contributed by atoms with Gasteiger partial charge >= 0.3 is 0 Å². The Morgan fingerprint density at radius 1 is 1.50 bits per heavy atom. The highest BCUT2D eigenvalue weighted by Crippen LogP contribution is 2.16. The van der Waals surface area contributed by atoms with E-state index >= 15 is 0 Å². The van der Waals surface area contributed by atoms with Crippen LogP contribution in [0.4, 0.5) is 0 Å². The lowest BCUT2D eigenvalue weighted by molar-refractivity contribution is 0.105. The Morgan fingerprint density at radius 3 is 2.75 bits per heavy atom. The molecule has 16 heavy (non-hydrogen) atoms. The van der Waals surface area contributed by atoms with Gasteiger partial charge in [0.25, 0.3) is 10.2 Å². The minimum atomic E-state index is -3.36. The van der Waals surface area contributed by atoms with Crippen molar-refractivity contribution in [2.24, 2.45) is 0 Å². The summed E-state index contributed by atoms with van der Waals surface area (Å²) in [7, 11) is -1.76. The van der Waals surface area contributed by atoms with Crippen molar-refractivity contribution in [3.63, 3.8) is 0 Å². The van der Waals surface area contributed by atoms with Crippen LogP contribution in [-0.2, 0) is 10.2 Å². The summed E-state index contributed by atoms with van der Waals surface area (Å²) < 4.78 is 26.9. The predicted molar refractivity (Wildman–Crippen MR) is 63.3 cm³/mol. The molecule has 1 fully saturated rings. The number of rotatable bonds is 5. The maximum absolute atomic E-state index is 12.1. The molecule has 5 nitrogen and oxygen atoms in total. The molecule has 6 heteroatoms. The van der Waals surface area contributed by atoms with Gasteiger partial charge in [-0.15, -0.1) is 0 Å². The first-order valence-corrected chi connectivity index (χ1v) is 7.27. The molecule has 1 rings (SSSR count). The lowest BCUT2D eigenvalue weighted by atomic mass is 10.1. The van der Waals surface area contributed by atoms with Crippen LogP contribution in [0.2, 0.25) is 0 Å². The van der Waals surface area contributed by atoms with Gasteiger partial charge in [-0.3, -0.25) is 0 Å². The van der Waals surface area contributed by atoms with E-state index in [2.05, 4.69) is 0 Å². The fourth-order valence-corrected chi connectivity index (χ4v) is 3.30. The van der Waals surface area contributed by atoms with E-state index in [-0.39, 0.29) is 6.54 Å². The van der Waals surface area contributed by atoms with E-state index < -0.39 is 16.3 Å². The highest BCUT2D eigenvalue weighted by molar-refractivity contribution is 7.86. The first-order chi connectivity index (χ1) is 7.48. The van der Waals surface area contributed by atoms with Crippen LogP contribution in [0.15, 0.2) is 0 Å². The zero-order valence-electron chi connectivity index (χ0n) is 10.1. The highest BCUT2D eigenvalue weighted by atomic mass is 32.2. The summed E-state index contributed by atoms with van der Waals surface area (Å²) in [5.74, 6) is 0. The smallest absolute Gasteiger partial charge is 0.281 e. The topological polar surface area (TPSA) is 60.9 Å². The fraction of sp³-hybridized carbons (Fsp3) is 1.00. The number of aliphatic hydroxyl groups is 1. The Labute approximate surface area is 98.2 Å². The van der Waals surface area contributed by atoms with Gasteiger partial charge in [0.05, 0.1) is 6.10 Å². The first kappa shape index (κ1) is 13.9. The van der Waals surface area contributed by atoms with Crippen LogP contribution in [0.1, 0.15) is 32.6 Å². The number of hydrogen-bond donors (Lipinski definition) is 1. The summed E-state index contributed by atoms with van der Waals surface area (Å²) in [5.41, 5.74) is 0. The molecule has 1 atom stereocenters. The number of nitrogens with zero attached hydrogens (tertiary/aromatic N) is 2. The van der Waals surface area contributed by atoms with Crippen molar-refractivity contribution in [3.05, 3.63) is 0 Å². The van der Waals surface area contributed by atoms with Crippen LogP contribution in [-0.4, -0.2) is 54.9 Å². The molecular formula is C10H22N2O3S. The van der Waals surface area contributed by atoms with E-state index in [0.717, 1.165) is 19.3 Å². The number of piperidine rings is 1. The number of aliphatic hydroxyl groups excluding tert-OH is 1. The van der Waals surface area contributed by atoms with Gasteiger partial charge in [0, 0.05) is 26.7 Å². The van der Waals surface area contributed by atoms with Crippen molar-refractivity contribution in [1.29, 1.82) is 0 Å². The van der Waals surface area contributed by atoms with E-state index in [1.165, 1.54) is 8.61 Å². The molecule has 1 aliphatic heterocycles. The number of hydrogen-bond acceptors (Lipinski definition) is 3. The van der Waals surface area contributed by atoms with Gasteiger partial charge in [0.15, 0.2) is 0 Å². The average molecular weight is 250 g/mol. The summed E-state index contributed by atoms with van der Waals surface area (Å²) in [6.07, 6.45) is 2.77. The molecule has 96 valence electrons. The van der Waals surface area contributed by atoms with Crippen LogP contribution in [0.25, 0.3) is 0 Å². The van der Waals surface area contributed by atoms with Crippen molar-refractivity contribution < 1.29 is 13.5 Å². The second-order valence-corrected chi connectivity index (χ2v) is 6.37. The second-order valence-electron chi connectivity index (χ2n) is 4.34. The molecule has 0 spiro atoms. The van der Waals surface area contributed by atoms with E-state index in [4.69, 9.17) is 0 Å². The lowest BCUT2D eigenvalue weighted by Gasteiger charge is -2.32. The Morgan fingerprint density at radius 2 is 2.19 bits per heavy atom. The molecule has 1 aliphatic rings. The summed E-state index contributed by atoms with van der Waals surface area (Å²) >= 11 is 0. The van der Waals surface area contributed by atoms with Gasteiger partial charge < -0.3 is 5.11 Å². The van der Waals surface area contributed by atoms with E-state index in [1.807, 2.05) is 6.92 Å². The monoisotopic (exact) mass is 250 g/mol. The van der Waals surface area contributed by atoms with Crippen molar-refractivity contribution >= 4 is 10.2 Å². The zero-order valence-corrected chi connectivity index (χ0v) is 10.9. The Balaban J connectivity index is 2.61. The summed E-state index contributed by atoms with van der Waals surface area (Å²) in [5, 5.41) is 9.48. The average Bonchev–Trinajstić information content (AvgIpc) is 2.25. The van der Waals surface area contributed by atoms with Gasteiger partial charge in [-0.05, 0) is 19.3 Å². The first-order valence-electron chi connectivity index (χ1n) is 5.88.